The van der Waals surface area contributed by atoms with Gasteiger partial charge in [0, 0.05) is 118 Å². The Hall–Kier alpha value is -13.1. The van der Waals surface area contributed by atoms with Crippen LogP contribution in [0.5, 0.6) is 5.75 Å². The maximum atomic E-state index is 15.8. The van der Waals surface area contributed by atoms with E-state index < -0.39 is 234 Å². The number of nitrogens with two attached hydrogens (primary N) is 4. The number of fused-ring (bicyclic) bond motifs is 4. The van der Waals surface area contributed by atoms with Crippen LogP contribution in [-0.2, 0) is 107 Å². The van der Waals surface area contributed by atoms with E-state index >= 15 is 43.2 Å². The number of aliphatic hydroxyl groups excluding tert-OH is 1. The van der Waals surface area contributed by atoms with Crippen molar-refractivity contribution in [3.63, 3.8) is 0 Å². The number of carbonyl (C=O) groups is 17. The molecule has 3 aromatic heterocycles. The van der Waals surface area contributed by atoms with Crippen LogP contribution in [0.3, 0.4) is 0 Å². The van der Waals surface area contributed by atoms with Crippen molar-refractivity contribution in [2.24, 2.45) is 34.8 Å². The zero-order valence-electron chi connectivity index (χ0n) is 77.8. The number of guanidine groups is 1. The van der Waals surface area contributed by atoms with Gasteiger partial charge < -0.3 is 121 Å². The average molecular weight is 1930 g/mol. The molecule has 0 spiro atoms. The Morgan fingerprint density at radius 3 is 1.88 bits per heavy atom. The molecule has 3 saturated heterocycles. The molecule has 42 nitrogen and oxygen atoms in total. The molecule has 2 unspecified atom stereocenters. The lowest BCUT2D eigenvalue weighted by Crippen LogP contribution is -2.61. The van der Waals surface area contributed by atoms with E-state index in [-0.39, 0.29) is 102 Å². The van der Waals surface area contributed by atoms with Gasteiger partial charge in [0.15, 0.2) is 11.7 Å². The number of thiophene rings is 1. The number of para-hydroxylation sites is 1. The van der Waals surface area contributed by atoms with Crippen molar-refractivity contribution < 1.29 is 91.7 Å². The molecule has 738 valence electrons. The van der Waals surface area contributed by atoms with Gasteiger partial charge in [-0.05, 0) is 122 Å². The molecule has 3 aliphatic rings. The number of phenols is 1. The molecule has 136 heavy (non-hydrogen) atoms. The van der Waals surface area contributed by atoms with Crippen LogP contribution in [0.2, 0.25) is 0 Å². The summed E-state index contributed by atoms with van der Waals surface area (Å²) >= 11 is 2.13. The summed E-state index contributed by atoms with van der Waals surface area (Å²) < 4.78 is 0.829. The Labute approximate surface area is 795 Å². The van der Waals surface area contributed by atoms with Gasteiger partial charge in [-0.25, -0.2) is 4.98 Å². The Morgan fingerprint density at radius 1 is 0.596 bits per heavy atom. The summed E-state index contributed by atoms with van der Waals surface area (Å²) in [6.07, 6.45) is 3.82. The lowest BCUT2D eigenvalue weighted by atomic mass is 9.90. The molecule has 3 aromatic carbocycles. The minimum absolute atomic E-state index is 0.00280. The highest BCUT2D eigenvalue weighted by atomic mass is 32.2. The number of primary amides is 2. The monoisotopic (exact) mass is 1920 g/mol. The summed E-state index contributed by atoms with van der Waals surface area (Å²) in [5, 5.41) is 59.2. The number of aromatic amines is 2. The highest BCUT2D eigenvalue weighted by Gasteiger charge is 2.47. The standard InChI is InChI=1S/C92H129N23O19S2/c1-9-11-23-71-85(128)104-62(22-17-31-99-92(96)97)82(125)110-69(81(124)101-43-77(95)120)47-135-48-78(121)103-65(34-52-27-29-58(117)30-28-52)87(130)111(6)51(5)79(122)106-67(40-76(94)119)90(133)115-44-56(93)38-73(115)86(129)105-63(39-57-42-98-49-102-57)83(126)107-64(33-50(3)4)89(132)114-32-18-25-70(114)74(118)37-53(35-54-41-100-61-21-15-13-19-59(54)61)80(123)109-68(45-116)84(127)108-66(36-55-46-136-75-26-16-14-20-60(55)75)88(131)113(8)72(24-12-10-2)91(134)112(71)7/h13-16,19-21,26-30,41-42,46,49-51,53,56,62-73,100,116-117H,9-12,17-18,22-25,31-40,43-45,47-48,93H2,1-8H3,(H2,94,119)(H2,95,120)(H,98,102)(H,101,124)(H,103,121)(H,104,128)(H,105,129)(H,106,122)(H,107,126)(H,108,127)(H,109,123)(H,110,125)(H4,96,97,99)/t51-,53+,56-,62?,63-,64-,65-,66-,67-,68-,69-,70-,71-,72-,73?/m0/s1. The normalized spacial score (nSPS) is 24.7. The number of hydrogen-bond acceptors (Lipinski definition) is 24. The Morgan fingerprint density at radius 2 is 1.21 bits per heavy atom. The molecule has 9 rings (SSSR count). The van der Waals surface area contributed by atoms with Gasteiger partial charge in [-0.15, -0.1) is 23.1 Å². The van der Waals surface area contributed by atoms with Crippen molar-refractivity contribution in [2.75, 3.05) is 65.4 Å². The lowest BCUT2D eigenvalue weighted by molar-refractivity contribution is -0.149. The summed E-state index contributed by atoms with van der Waals surface area (Å²) in [5.41, 5.74) is 25.9. The molecule has 3 aliphatic heterocycles. The molecule has 6 heterocycles. The number of thioether (sulfide) groups is 1. The number of benzene rings is 3. The lowest BCUT2D eigenvalue weighted by Gasteiger charge is -2.36. The molecule has 6 aromatic rings. The number of ketones is 1. The van der Waals surface area contributed by atoms with E-state index in [2.05, 4.69) is 68.1 Å². The fourth-order valence-electron chi connectivity index (χ4n) is 17.0. The third-order valence-corrected chi connectivity index (χ3v) is 26.6. The number of likely N-dealkylation sites (N-methyl/N-ethyl adjacent to an activating group) is 3. The first-order valence-electron chi connectivity index (χ1n) is 45.8. The fourth-order valence-corrected chi connectivity index (χ4v) is 18.9. The number of unbranched alkanes of at least 4 members (excludes halogenated alkanes) is 2. The van der Waals surface area contributed by atoms with Crippen molar-refractivity contribution in [1.82, 2.24) is 92.6 Å². The van der Waals surface area contributed by atoms with Gasteiger partial charge in [-0.3, -0.25) is 86.9 Å². The van der Waals surface area contributed by atoms with E-state index in [1.54, 1.807) is 38.2 Å². The smallest absolute Gasteiger partial charge is 0.246 e. The predicted molar refractivity (Wildman–Crippen MR) is 506 cm³/mol. The SMILES string of the molecule is CCCC[C@H]1C(=O)N(C)[C@@H](CCCC)C(=O)NC(CCCNC(=N)N)C(=O)N[C@H](C(=O)NCC(N)=O)CSCC(=O)N[C@@H](Cc2ccc(O)cc2)C(=O)N(C)[C@@H](C)C(=O)N[C@@H](CC(N)=O)C(=O)N2C[C@@H](N)CC2C(=O)N[C@@H](Cc2cnc[nH]2)C(=O)N[C@@H](CC(C)C)C(=O)N2CCC[C@H]2C(=O)C[C@@H](Cc2c[nH]c3ccccc23)C(=O)N[C@@H](CO)C(=O)N[C@@H](Cc2csc3ccccc23)C(=O)N1C. The van der Waals surface area contributed by atoms with Gasteiger partial charge in [0.1, 0.15) is 78.3 Å². The van der Waals surface area contributed by atoms with E-state index in [1.807, 2.05) is 49.6 Å². The summed E-state index contributed by atoms with van der Waals surface area (Å²) in [6, 6.07) is -0.535. The van der Waals surface area contributed by atoms with Crippen molar-refractivity contribution in [3.8, 4) is 5.75 Å². The number of aromatic hydroxyl groups is 1. The number of nitrogens with zero attached hydrogens (tertiary/aromatic N) is 6. The maximum Gasteiger partial charge on any atom is 0.246 e. The first-order valence-corrected chi connectivity index (χ1v) is 47.8. The highest BCUT2D eigenvalue weighted by Crippen LogP contribution is 2.31. The van der Waals surface area contributed by atoms with Gasteiger partial charge in [0.2, 0.25) is 94.5 Å². The second kappa shape index (κ2) is 51.0. The van der Waals surface area contributed by atoms with Crippen LogP contribution in [0.1, 0.15) is 147 Å². The second-order valence-corrected chi connectivity index (χ2v) is 37.2. The van der Waals surface area contributed by atoms with Gasteiger partial charge in [-0.2, -0.15) is 0 Å². The van der Waals surface area contributed by atoms with Crippen LogP contribution in [0.15, 0.2) is 96.9 Å². The van der Waals surface area contributed by atoms with Gasteiger partial charge in [-0.1, -0.05) is 102 Å². The number of nitrogens with one attached hydrogen (secondary N) is 13. The number of phenolic OH excluding ortho intramolecular Hbond substituents is 1. The summed E-state index contributed by atoms with van der Waals surface area (Å²) in [6.45, 7) is 6.48. The van der Waals surface area contributed by atoms with Gasteiger partial charge in [0.05, 0.1) is 37.7 Å². The Kier molecular flexibility index (Phi) is 40.0. The number of hydrogen-bond donors (Lipinski definition) is 19. The molecule has 23 N–H and O–H groups in total. The van der Waals surface area contributed by atoms with Crippen molar-refractivity contribution >= 4 is 150 Å². The molecule has 0 saturated carbocycles. The van der Waals surface area contributed by atoms with Crippen LogP contribution >= 0.6 is 23.1 Å². The summed E-state index contributed by atoms with van der Waals surface area (Å²) in [4.78, 5) is 267. The first-order chi connectivity index (χ1) is 64.8. The van der Waals surface area contributed by atoms with Crippen molar-refractivity contribution in [2.45, 2.75) is 235 Å². The molecule has 0 bridgehead atoms. The van der Waals surface area contributed by atoms with E-state index in [9.17, 15) is 48.6 Å². The molecule has 3 fully saturated rings. The highest BCUT2D eigenvalue weighted by molar-refractivity contribution is 8.00. The Balaban J connectivity index is 1.10. The molecule has 44 heteroatoms. The average Bonchev–Trinajstić information content (AvgIpc) is 1.65. The third-order valence-electron chi connectivity index (χ3n) is 24.6. The van der Waals surface area contributed by atoms with Crippen LogP contribution in [-0.4, -0.2) is 306 Å². The number of amides is 16. The first kappa shape index (κ1) is 107. The number of imidazole rings is 1. The molecule has 15 atom stereocenters. The maximum absolute atomic E-state index is 15.8. The van der Waals surface area contributed by atoms with E-state index in [1.165, 1.54) is 90.9 Å². The fraction of sp³-hybridized carbons (Fsp3) is 0.533. The minimum atomic E-state index is -1.83. The number of aromatic nitrogens is 3. The van der Waals surface area contributed by atoms with E-state index in [0.717, 1.165) is 31.6 Å². The number of carbonyl (C=O) groups excluding carboxylic acids is 17. The van der Waals surface area contributed by atoms with Gasteiger partial charge >= 0.3 is 0 Å². The minimum Gasteiger partial charge on any atom is -0.508 e. The molecular weight excluding hydrogens is 1800 g/mol. The number of Topliss-reactive ketones (excluding diaryl/α,β-unsaturated/α-hetero) is 1. The van der Waals surface area contributed by atoms with Crippen LogP contribution in [0.4, 0.5) is 0 Å². The number of aliphatic hydroxyl groups is 1. The van der Waals surface area contributed by atoms with E-state index in [4.69, 9.17) is 28.3 Å². The van der Waals surface area contributed by atoms with Crippen molar-refractivity contribution in [1.29, 1.82) is 5.41 Å². The number of H-pyrrole nitrogens is 2. The molecule has 0 aliphatic carbocycles. The van der Waals surface area contributed by atoms with Crippen molar-refractivity contribution in [3.05, 3.63) is 119 Å². The number of rotatable bonds is 26. The topological polar surface area (TPSA) is 640 Å². The molecule has 0 radical (unpaired) electrons. The summed E-state index contributed by atoms with van der Waals surface area (Å²) in [7, 11) is 3.95. The molecule has 16 amide bonds. The zero-order valence-corrected chi connectivity index (χ0v) is 79.4. The van der Waals surface area contributed by atoms with Gasteiger partial charge in [0.25, 0.3) is 0 Å². The van der Waals surface area contributed by atoms with Crippen LogP contribution in [0.25, 0.3) is 21.0 Å². The quantitative estimate of drug-likeness (QED) is 0.0173. The Bertz CT molecular complexity index is 5250. The van der Waals surface area contributed by atoms with E-state index in [0.29, 0.717) is 65.4 Å². The second-order valence-electron chi connectivity index (χ2n) is 35.3. The van der Waals surface area contributed by atoms with Crippen LogP contribution < -0.4 is 76.1 Å². The predicted octanol–water partition coefficient (Wildman–Crippen LogP) is -1.14. The largest absolute Gasteiger partial charge is 0.508 e. The molecular formula is C92H129N23O19S2. The zero-order chi connectivity index (χ0) is 99.3. The third kappa shape index (κ3) is 29.7. The van der Waals surface area contributed by atoms with Crippen LogP contribution in [0, 0.1) is 17.2 Å². The summed E-state index contributed by atoms with van der Waals surface area (Å²) in [5.74, 6) is -18.5.